The molecule has 0 amide bonds. The predicted octanol–water partition coefficient (Wildman–Crippen LogP) is 1.56. The molecule has 14 heavy (non-hydrogen) atoms. The van der Waals surface area contributed by atoms with E-state index in [1.165, 1.54) is 0 Å². The van der Waals surface area contributed by atoms with Crippen molar-refractivity contribution in [3.8, 4) is 5.69 Å². The molecular weight excluding hydrogens is 200 g/mol. The number of aromatic nitrogens is 2. The van der Waals surface area contributed by atoms with Gasteiger partial charge in [-0.25, -0.2) is 4.68 Å². The van der Waals surface area contributed by atoms with E-state index in [-0.39, 0.29) is 6.42 Å². The summed E-state index contributed by atoms with van der Waals surface area (Å²) in [7, 11) is 0. The first-order valence-electron chi connectivity index (χ1n) is 4.03. The number of carbonyl (C=O) groups is 1. The van der Waals surface area contributed by atoms with Gasteiger partial charge in [-0.15, -0.1) is 0 Å². The molecule has 1 N–H and O–H groups in total. The first kappa shape index (κ1) is 8.96. The Balaban J connectivity index is 2.22. The lowest BCUT2D eigenvalue weighted by molar-refractivity contribution is -0.136. The Bertz CT molecular complexity index is 433. The van der Waals surface area contributed by atoms with Crippen LogP contribution in [0.2, 0.25) is 0 Å². The van der Waals surface area contributed by atoms with E-state index in [9.17, 15) is 4.79 Å². The van der Waals surface area contributed by atoms with E-state index in [2.05, 4.69) is 5.10 Å². The number of hydrogen-bond acceptors (Lipinski definition) is 3. The van der Waals surface area contributed by atoms with E-state index in [0.717, 1.165) is 5.69 Å². The fraction of sp³-hybridized carbons (Fsp3) is 0.111. The van der Waals surface area contributed by atoms with Crippen molar-refractivity contribution in [1.29, 1.82) is 0 Å². The lowest BCUT2D eigenvalue weighted by Crippen LogP contribution is -1.98. The highest BCUT2D eigenvalue weighted by atomic mass is 32.1. The molecule has 4 nitrogen and oxygen atoms in total. The first-order chi connectivity index (χ1) is 6.75. The SMILES string of the molecule is O=C(O)Cc1cnn(-c2ccsc2)c1. The van der Waals surface area contributed by atoms with Crippen LogP contribution in [0, 0.1) is 0 Å². The summed E-state index contributed by atoms with van der Waals surface area (Å²) in [6.45, 7) is 0. The van der Waals surface area contributed by atoms with Gasteiger partial charge in [0.05, 0.1) is 18.3 Å². The van der Waals surface area contributed by atoms with Crippen molar-refractivity contribution in [1.82, 2.24) is 9.78 Å². The molecule has 72 valence electrons. The Labute approximate surface area is 84.4 Å². The fourth-order valence-electron chi connectivity index (χ4n) is 1.15. The van der Waals surface area contributed by atoms with E-state index in [1.807, 2.05) is 16.8 Å². The molecule has 0 saturated heterocycles. The van der Waals surface area contributed by atoms with Crippen LogP contribution < -0.4 is 0 Å². The molecule has 2 aromatic rings. The number of thiophene rings is 1. The maximum atomic E-state index is 10.4. The van der Waals surface area contributed by atoms with Crippen LogP contribution in [0.3, 0.4) is 0 Å². The summed E-state index contributed by atoms with van der Waals surface area (Å²) in [6, 6.07) is 1.93. The Hall–Kier alpha value is -1.62. The van der Waals surface area contributed by atoms with Crippen LogP contribution >= 0.6 is 11.3 Å². The topological polar surface area (TPSA) is 55.1 Å². The molecule has 0 aliphatic carbocycles. The molecule has 0 radical (unpaired) electrons. The summed E-state index contributed by atoms with van der Waals surface area (Å²) < 4.78 is 1.68. The maximum absolute atomic E-state index is 10.4. The number of rotatable bonds is 3. The van der Waals surface area contributed by atoms with Crippen molar-refractivity contribution in [2.45, 2.75) is 6.42 Å². The zero-order valence-corrected chi connectivity index (χ0v) is 8.07. The van der Waals surface area contributed by atoms with Crippen LogP contribution in [0.5, 0.6) is 0 Å². The molecule has 0 fully saturated rings. The Morgan fingerprint density at radius 1 is 1.64 bits per heavy atom. The highest BCUT2D eigenvalue weighted by Gasteiger charge is 2.04. The molecule has 0 saturated carbocycles. The second-order valence-corrected chi connectivity index (χ2v) is 3.63. The number of nitrogens with zero attached hydrogens (tertiary/aromatic N) is 2. The molecule has 2 aromatic heterocycles. The monoisotopic (exact) mass is 208 g/mol. The second kappa shape index (κ2) is 3.63. The third-order valence-corrected chi connectivity index (χ3v) is 2.43. The van der Waals surface area contributed by atoms with Gasteiger partial charge >= 0.3 is 5.97 Å². The van der Waals surface area contributed by atoms with E-state index >= 15 is 0 Å². The molecule has 2 heterocycles. The molecule has 2 rings (SSSR count). The highest BCUT2D eigenvalue weighted by molar-refractivity contribution is 7.08. The summed E-state index contributed by atoms with van der Waals surface area (Å²) >= 11 is 1.58. The van der Waals surface area contributed by atoms with Gasteiger partial charge in [-0.2, -0.15) is 16.4 Å². The van der Waals surface area contributed by atoms with Crippen molar-refractivity contribution in [2.75, 3.05) is 0 Å². The molecule has 0 bridgehead atoms. The minimum absolute atomic E-state index is 0.0180. The van der Waals surface area contributed by atoms with Gasteiger partial charge < -0.3 is 5.11 Å². The van der Waals surface area contributed by atoms with E-state index in [1.54, 1.807) is 28.4 Å². The van der Waals surface area contributed by atoms with Gasteiger partial charge in [-0.3, -0.25) is 4.79 Å². The minimum atomic E-state index is -0.838. The third kappa shape index (κ3) is 1.82. The molecule has 0 aromatic carbocycles. The van der Waals surface area contributed by atoms with Crippen molar-refractivity contribution < 1.29 is 9.90 Å². The molecule has 0 aliphatic rings. The minimum Gasteiger partial charge on any atom is -0.481 e. The Morgan fingerprint density at radius 3 is 3.14 bits per heavy atom. The van der Waals surface area contributed by atoms with Gasteiger partial charge in [0.25, 0.3) is 0 Å². The Kier molecular flexibility index (Phi) is 2.32. The van der Waals surface area contributed by atoms with Crippen LogP contribution in [0.1, 0.15) is 5.56 Å². The normalized spacial score (nSPS) is 10.3. The van der Waals surface area contributed by atoms with Crippen molar-refractivity contribution in [2.24, 2.45) is 0 Å². The summed E-state index contributed by atoms with van der Waals surface area (Å²) in [5.74, 6) is -0.838. The van der Waals surface area contributed by atoms with Gasteiger partial charge in [0.1, 0.15) is 0 Å². The first-order valence-corrected chi connectivity index (χ1v) is 4.98. The van der Waals surface area contributed by atoms with E-state index in [0.29, 0.717) is 5.56 Å². The quantitative estimate of drug-likeness (QED) is 0.832. The molecule has 5 heteroatoms. The zero-order valence-electron chi connectivity index (χ0n) is 7.25. The number of hydrogen-bond donors (Lipinski definition) is 1. The van der Waals surface area contributed by atoms with E-state index < -0.39 is 5.97 Å². The second-order valence-electron chi connectivity index (χ2n) is 2.85. The van der Waals surface area contributed by atoms with Crippen LogP contribution in [0.15, 0.2) is 29.2 Å². The smallest absolute Gasteiger partial charge is 0.307 e. The van der Waals surface area contributed by atoms with Crippen LogP contribution in [0.25, 0.3) is 5.69 Å². The average Bonchev–Trinajstić information content (AvgIpc) is 2.69. The summed E-state index contributed by atoms with van der Waals surface area (Å²) in [4.78, 5) is 10.4. The van der Waals surface area contributed by atoms with Gasteiger partial charge in [-0.05, 0) is 11.4 Å². The maximum Gasteiger partial charge on any atom is 0.307 e. The molecular formula is C9H8N2O2S. The zero-order chi connectivity index (χ0) is 9.97. The summed E-state index contributed by atoms with van der Waals surface area (Å²) in [5.41, 5.74) is 1.68. The average molecular weight is 208 g/mol. The number of aliphatic carboxylic acids is 1. The van der Waals surface area contributed by atoms with Crippen LogP contribution in [-0.4, -0.2) is 20.9 Å². The van der Waals surface area contributed by atoms with Crippen LogP contribution in [0.4, 0.5) is 0 Å². The fourth-order valence-corrected chi connectivity index (χ4v) is 1.78. The molecule has 0 atom stereocenters. The predicted molar refractivity (Wildman–Crippen MR) is 52.8 cm³/mol. The van der Waals surface area contributed by atoms with Crippen molar-refractivity contribution in [3.05, 3.63) is 34.8 Å². The van der Waals surface area contributed by atoms with Gasteiger partial charge in [-0.1, -0.05) is 0 Å². The molecule has 0 unspecified atom stereocenters. The lowest BCUT2D eigenvalue weighted by Gasteiger charge is -1.93. The highest BCUT2D eigenvalue weighted by Crippen LogP contribution is 2.12. The molecule has 0 aliphatic heterocycles. The van der Waals surface area contributed by atoms with Gasteiger partial charge in [0.15, 0.2) is 0 Å². The van der Waals surface area contributed by atoms with E-state index in [4.69, 9.17) is 5.11 Å². The number of carboxylic acid groups (broad SMARTS) is 1. The van der Waals surface area contributed by atoms with Gasteiger partial charge in [0.2, 0.25) is 0 Å². The summed E-state index contributed by atoms with van der Waals surface area (Å²) in [5, 5.41) is 16.6. The Morgan fingerprint density at radius 2 is 2.50 bits per heavy atom. The third-order valence-electron chi connectivity index (χ3n) is 1.76. The lowest BCUT2D eigenvalue weighted by atomic mass is 10.3. The largest absolute Gasteiger partial charge is 0.481 e. The van der Waals surface area contributed by atoms with Crippen molar-refractivity contribution >= 4 is 17.3 Å². The van der Waals surface area contributed by atoms with Crippen molar-refractivity contribution in [3.63, 3.8) is 0 Å². The van der Waals surface area contributed by atoms with Crippen LogP contribution in [-0.2, 0) is 11.2 Å². The summed E-state index contributed by atoms with van der Waals surface area (Å²) in [6.07, 6.45) is 3.33. The standard InChI is InChI=1S/C9H8N2O2S/c12-9(13)3-7-4-10-11(5-7)8-1-2-14-6-8/h1-2,4-6H,3H2,(H,12,13). The van der Waals surface area contributed by atoms with Gasteiger partial charge in [0, 0.05) is 17.1 Å². The molecule has 0 spiro atoms. The number of carboxylic acids is 1.